The maximum absolute atomic E-state index is 11.4. The molecule has 0 aliphatic rings. The molecular formula is C14H18O3. The molecule has 0 aliphatic carbocycles. The molecule has 0 heterocycles. The third-order valence-corrected chi connectivity index (χ3v) is 1.91. The molecule has 0 N–H and O–H groups in total. The van der Waals surface area contributed by atoms with Crippen LogP contribution in [-0.2, 0) is 9.53 Å². The summed E-state index contributed by atoms with van der Waals surface area (Å²) in [5, 5.41) is 0. The molecule has 92 valence electrons. The maximum Gasteiger partial charge on any atom is 0.331 e. The van der Waals surface area contributed by atoms with E-state index in [0.29, 0.717) is 0 Å². The number of benzene rings is 1. The van der Waals surface area contributed by atoms with Gasteiger partial charge in [-0.1, -0.05) is 12.1 Å². The van der Waals surface area contributed by atoms with Gasteiger partial charge < -0.3 is 9.47 Å². The third-order valence-electron chi connectivity index (χ3n) is 1.91. The first kappa shape index (κ1) is 13.3. The van der Waals surface area contributed by atoms with Crippen molar-refractivity contribution in [2.24, 2.45) is 0 Å². The minimum atomic E-state index is -0.462. The molecular weight excluding hydrogens is 216 g/mol. The van der Waals surface area contributed by atoms with Gasteiger partial charge in [0.25, 0.3) is 0 Å². The Bertz CT molecular complexity index is 414. The van der Waals surface area contributed by atoms with Gasteiger partial charge in [0.1, 0.15) is 11.4 Å². The van der Waals surface area contributed by atoms with Crippen molar-refractivity contribution in [2.45, 2.75) is 26.4 Å². The van der Waals surface area contributed by atoms with E-state index in [9.17, 15) is 4.79 Å². The molecule has 0 atom stereocenters. The Balaban J connectivity index is 2.67. The number of esters is 1. The standard InChI is InChI=1S/C14H18O3/c1-14(2,3)17-13(15)9-8-11-6-5-7-12(10-11)16-4/h5-10H,1-4H3. The fourth-order valence-electron chi connectivity index (χ4n) is 1.25. The summed E-state index contributed by atoms with van der Waals surface area (Å²) in [4.78, 5) is 11.4. The van der Waals surface area contributed by atoms with E-state index in [1.807, 2.05) is 45.0 Å². The van der Waals surface area contributed by atoms with E-state index >= 15 is 0 Å². The van der Waals surface area contributed by atoms with Crippen molar-refractivity contribution in [3.8, 4) is 5.75 Å². The molecule has 0 aliphatic heterocycles. The zero-order valence-corrected chi connectivity index (χ0v) is 10.7. The van der Waals surface area contributed by atoms with Crippen molar-refractivity contribution in [3.63, 3.8) is 0 Å². The number of hydrogen-bond acceptors (Lipinski definition) is 3. The molecule has 0 aromatic heterocycles. The van der Waals surface area contributed by atoms with E-state index < -0.39 is 5.60 Å². The van der Waals surface area contributed by atoms with E-state index in [0.717, 1.165) is 11.3 Å². The second kappa shape index (κ2) is 5.53. The lowest BCUT2D eigenvalue weighted by Gasteiger charge is -2.17. The number of carbonyl (C=O) groups is 1. The van der Waals surface area contributed by atoms with E-state index in [4.69, 9.17) is 9.47 Å². The predicted molar refractivity (Wildman–Crippen MR) is 67.9 cm³/mol. The van der Waals surface area contributed by atoms with Gasteiger partial charge in [0.05, 0.1) is 7.11 Å². The fourth-order valence-corrected chi connectivity index (χ4v) is 1.25. The lowest BCUT2D eigenvalue weighted by molar-refractivity contribution is -0.148. The molecule has 3 heteroatoms. The Morgan fingerprint density at radius 1 is 1.29 bits per heavy atom. The zero-order chi connectivity index (χ0) is 12.9. The Hall–Kier alpha value is -1.77. The van der Waals surface area contributed by atoms with Crippen molar-refractivity contribution in [1.82, 2.24) is 0 Å². The van der Waals surface area contributed by atoms with Crippen molar-refractivity contribution in [2.75, 3.05) is 7.11 Å². The monoisotopic (exact) mass is 234 g/mol. The number of methoxy groups -OCH3 is 1. The molecule has 0 saturated carbocycles. The normalized spacial score (nSPS) is 11.5. The van der Waals surface area contributed by atoms with Crippen molar-refractivity contribution in [3.05, 3.63) is 35.9 Å². The van der Waals surface area contributed by atoms with Gasteiger partial charge in [-0.2, -0.15) is 0 Å². The van der Waals surface area contributed by atoms with Gasteiger partial charge in [-0.05, 0) is 44.5 Å². The molecule has 0 bridgehead atoms. The number of hydrogen-bond donors (Lipinski definition) is 0. The largest absolute Gasteiger partial charge is 0.497 e. The summed E-state index contributed by atoms with van der Waals surface area (Å²) in [5.74, 6) is 0.414. The quantitative estimate of drug-likeness (QED) is 0.595. The molecule has 0 amide bonds. The van der Waals surface area contributed by atoms with Gasteiger partial charge in [-0.15, -0.1) is 0 Å². The predicted octanol–water partition coefficient (Wildman–Crippen LogP) is 3.05. The molecule has 1 aromatic carbocycles. The molecule has 0 radical (unpaired) electrons. The van der Waals surface area contributed by atoms with E-state index in [2.05, 4.69) is 0 Å². The maximum atomic E-state index is 11.4. The summed E-state index contributed by atoms with van der Waals surface area (Å²) in [6, 6.07) is 7.46. The lowest BCUT2D eigenvalue weighted by Crippen LogP contribution is -2.22. The van der Waals surface area contributed by atoms with E-state index in [-0.39, 0.29) is 5.97 Å². The van der Waals surface area contributed by atoms with Crippen LogP contribution in [0.25, 0.3) is 6.08 Å². The molecule has 0 spiro atoms. The summed E-state index contributed by atoms with van der Waals surface area (Å²) >= 11 is 0. The van der Waals surface area contributed by atoms with Crippen LogP contribution in [0.4, 0.5) is 0 Å². The minimum absolute atomic E-state index is 0.347. The van der Waals surface area contributed by atoms with Crippen LogP contribution in [0.2, 0.25) is 0 Å². The SMILES string of the molecule is COc1cccc(C=CC(=O)OC(C)(C)C)c1. The summed E-state index contributed by atoms with van der Waals surface area (Å²) in [6.45, 7) is 5.51. The Labute approximate surface area is 102 Å². The Morgan fingerprint density at radius 2 is 2.00 bits per heavy atom. The van der Waals surface area contributed by atoms with E-state index in [1.54, 1.807) is 13.2 Å². The molecule has 17 heavy (non-hydrogen) atoms. The third kappa shape index (κ3) is 5.20. The van der Waals surface area contributed by atoms with Crippen LogP contribution in [0, 0.1) is 0 Å². The topological polar surface area (TPSA) is 35.5 Å². The van der Waals surface area contributed by atoms with Crippen LogP contribution in [0.5, 0.6) is 5.75 Å². The van der Waals surface area contributed by atoms with Gasteiger partial charge in [-0.25, -0.2) is 4.79 Å². The number of carbonyl (C=O) groups excluding carboxylic acids is 1. The second-order valence-corrected chi connectivity index (χ2v) is 4.64. The average Bonchev–Trinajstić information content (AvgIpc) is 2.24. The van der Waals surface area contributed by atoms with Crippen LogP contribution >= 0.6 is 0 Å². The zero-order valence-electron chi connectivity index (χ0n) is 10.7. The van der Waals surface area contributed by atoms with Crippen LogP contribution in [0.1, 0.15) is 26.3 Å². The molecule has 1 aromatic rings. The van der Waals surface area contributed by atoms with Gasteiger partial charge in [-0.3, -0.25) is 0 Å². The molecule has 0 saturated heterocycles. The summed E-state index contributed by atoms with van der Waals surface area (Å²) in [7, 11) is 1.61. The highest BCUT2D eigenvalue weighted by Crippen LogP contribution is 2.14. The average molecular weight is 234 g/mol. The lowest BCUT2D eigenvalue weighted by atomic mass is 10.2. The Morgan fingerprint density at radius 3 is 2.59 bits per heavy atom. The molecule has 0 fully saturated rings. The highest BCUT2D eigenvalue weighted by molar-refractivity contribution is 5.87. The summed E-state index contributed by atoms with van der Waals surface area (Å²) in [5.41, 5.74) is 0.436. The fraction of sp³-hybridized carbons (Fsp3) is 0.357. The van der Waals surface area contributed by atoms with Crippen LogP contribution in [-0.4, -0.2) is 18.7 Å². The van der Waals surface area contributed by atoms with Gasteiger partial charge in [0.15, 0.2) is 0 Å². The smallest absolute Gasteiger partial charge is 0.331 e. The Kier molecular flexibility index (Phi) is 4.32. The van der Waals surface area contributed by atoms with Gasteiger partial charge >= 0.3 is 5.97 Å². The molecule has 3 nitrogen and oxygen atoms in total. The first-order valence-electron chi connectivity index (χ1n) is 5.46. The summed E-state index contributed by atoms with van der Waals surface area (Å²) < 4.78 is 10.3. The van der Waals surface area contributed by atoms with Gasteiger partial charge in [0, 0.05) is 6.08 Å². The minimum Gasteiger partial charge on any atom is -0.497 e. The summed E-state index contributed by atoms with van der Waals surface area (Å²) in [6.07, 6.45) is 3.12. The van der Waals surface area contributed by atoms with Crippen molar-refractivity contribution >= 4 is 12.0 Å². The van der Waals surface area contributed by atoms with Crippen molar-refractivity contribution < 1.29 is 14.3 Å². The molecule has 0 unspecified atom stereocenters. The van der Waals surface area contributed by atoms with E-state index in [1.165, 1.54) is 6.08 Å². The van der Waals surface area contributed by atoms with Crippen LogP contribution < -0.4 is 4.74 Å². The van der Waals surface area contributed by atoms with Crippen molar-refractivity contribution in [1.29, 1.82) is 0 Å². The second-order valence-electron chi connectivity index (χ2n) is 4.64. The number of rotatable bonds is 3. The van der Waals surface area contributed by atoms with Gasteiger partial charge in [0.2, 0.25) is 0 Å². The highest BCUT2D eigenvalue weighted by Gasteiger charge is 2.13. The van der Waals surface area contributed by atoms with Crippen LogP contribution in [0.15, 0.2) is 30.3 Å². The first-order chi connectivity index (χ1) is 7.90. The highest BCUT2D eigenvalue weighted by atomic mass is 16.6. The first-order valence-corrected chi connectivity index (χ1v) is 5.46. The van der Waals surface area contributed by atoms with Crippen LogP contribution in [0.3, 0.4) is 0 Å². The molecule has 1 rings (SSSR count). The number of ether oxygens (including phenoxy) is 2.